The van der Waals surface area contributed by atoms with E-state index in [4.69, 9.17) is 5.73 Å². The first-order chi connectivity index (χ1) is 26.2. The van der Waals surface area contributed by atoms with Gasteiger partial charge in [0.2, 0.25) is 17.6 Å². The predicted octanol–water partition coefficient (Wildman–Crippen LogP) is 1.46. The number of nitrogens with zero attached hydrogens (tertiary/aromatic N) is 5. The van der Waals surface area contributed by atoms with Crippen molar-refractivity contribution in [1.29, 1.82) is 5.26 Å². The summed E-state index contributed by atoms with van der Waals surface area (Å²) in [4.78, 5) is 80.9. The van der Waals surface area contributed by atoms with Gasteiger partial charge in [0.05, 0.1) is 35.6 Å². The van der Waals surface area contributed by atoms with Crippen molar-refractivity contribution in [3.8, 4) is 6.07 Å². The van der Waals surface area contributed by atoms with Crippen LogP contribution >= 0.6 is 0 Å². The Morgan fingerprint density at radius 1 is 1.00 bits per heavy atom. The second-order valence-corrected chi connectivity index (χ2v) is 15.4. The second kappa shape index (κ2) is 18.3. The van der Waals surface area contributed by atoms with E-state index in [1.54, 1.807) is 13.8 Å². The van der Waals surface area contributed by atoms with Crippen LogP contribution in [0, 0.1) is 17.2 Å². The number of likely N-dealkylation sites (tertiary alicyclic amines) is 1. The van der Waals surface area contributed by atoms with E-state index < -0.39 is 59.2 Å². The van der Waals surface area contributed by atoms with Crippen LogP contribution < -0.4 is 27.0 Å². The van der Waals surface area contributed by atoms with Crippen molar-refractivity contribution in [1.82, 2.24) is 41.2 Å². The number of nitriles is 1. The van der Waals surface area contributed by atoms with Crippen molar-refractivity contribution in [3.05, 3.63) is 47.3 Å². The van der Waals surface area contributed by atoms with Gasteiger partial charge in [-0.15, -0.1) is 5.10 Å². The van der Waals surface area contributed by atoms with Crippen LogP contribution in [0.4, 0.5) is 4.79 Å². The van der Waals surface area contributed by atoms with Gasteiger partial charge in [-0.2, -0.15) is 5.26 Å². The molecule has 55 heavy (non-hydrogen) atoms. The number of carbonyl (C=O) groups excluding carboxylic acids is 6. The number of aromatic nitrogens is 3. The lowest BCUT2D eigenvalue weighted by Crippen LogP contribution is -2.56. The van der Waals surface area contributed by atoms with Crippen molar-refractivity contribution in [2.24, 2.45) is 11.7 Å². The molecule has 0 radical (unpaired) electrons. The molecule has 2 heterocycles. The number of hydrogen-bond acceptors (Lipinski definition) is 10. The Morgan fingerprint density at radius 2 is 1.71 bits per heavy atom. The average molecular weight is 761 g/mol. The van der Waals surface area contributed by atoms with E-state index in [2.05, 4.69) is 31.6 Å². The van der Waals surface area contributed by atoms with E-state index in [0.29, 0.717) is 37.1 Å². The molecule has 3 unspecified atom stereocenters. The quantitative estimate of drug-likeness (QED) is 0.1000. The van der Waals surface area contributed by atoms with E-state index in [0.717, 1.165) is 44.9 Å². The van der Waals surface area contributed by atoms with Crippen LogP contribution in [0.25, 0.3) is 0 Å². The number of amides is 6. The topological polar surface area (TPSA) is 255 Å². The summed E-state index contributed by atoms with van der Waals surface area (Å²) in [5.41, 5.74) is 5.02. The molecule has 17 nitrogen and oxygen atoms in total. The van der Waals surface area contributed by atoms with Crippen LogP contribution in [0.3, 0.4) is 0 Å². The molecule has 296 valence electrons. The number of rotatable bonds is 17. The lowest BCUT2D eigenvalue weighted by molar-refractivity contribution is -0.142. The number of nitrogens with one attached hydrogen (secondary N) is 4. The third kappa shape index (κ3) is 11.1. The molecule has 1 aromatic carbocycles. The van der Waals surface area contributed by atoms with Gasteiger partial charge in [-0.3, -0.25) is 24.0 Å². The highest BCUT2D eigenvalue weighted by atomic mass is 16.3. The number of carbonyl (C=O) groups is 6. The molecular formula is C38H52N10O7. The summed E-state index contributed by atoms with van der Waals surface area (Å²) >= 11 is 0. The first kappa shape index (κ1) is 40.8. The summed E-state index contributed by atoms with van der Waals surface area (Å²) in [7, 11) is 0. The predicted molar refractivity (Wildman–Crippen MR) is 198 cm³/mol. The molecule has 1 saturated heterocycles. The summed E-state index contributed by atoms with van der Waals surface area (Å²) in [6, 6.07) is 3.91. The van der Waals surface area contributed by atoms with E-state index >= 15 is 0 Å². The van der Waals surface area contributed by atoms with Gasteiger partial charge in [-0.25, -0.2) is 9.48 Å². The zero-order valence-corrected chi connectivity index (χ0v) is 31.5. The molecule has 3 aliphatic rings. The highest BCUT2D eigenvalue weighted by Gasteiger charge is 2.45. The Bertz CT molecular complexity index is 1760. The van der Waals surface area contributed by atoms with Crippen molar-refractivity contribution in [2.45, 2.75) is 127 Å². The average Bonchev–Trinajstić information content (AvgIpc) is 3.62. The zero-order chi connectivity index (χ0) is 39.7. The number of urea groups is 1. The number of aliphatic hydroxyl groups is 1. The molecule has 2 aromatic rings. The minimum absolute atomic E-state index is 0.0275. The maximum absolute atomic E-state index is 14.7. The lowest BCUT2D eigenvalue weighted by atomic mass is 9.84. The van der Waals surface area contributed by atoms with Crippen molar-refractivity contribution < 1.29 is 33.9 Å². The number of benzene rings is 1. The molecule has 1 aliphatic heterocycles. The van der Waals surface area contributed by atoms with Crippen molar-refractivity contribution in [2.75, 3.05) is 13.1 Å². The molecule has 7 N–H and O–H groups in total. The summed E-state index contributed by atoms with van der Waals surface area (Å²) in [6.45, 7) is 3.42. The van der Waals surface area contributed by atoms with Crippen LogP contribution in [0.2, 0.25) is 0 Å². The van der Waals surface area contributed by atoms with Crippen LogP contribution in [0.5, 0.6) is 0 Å². The lowest BCUT2D eigenvalue weighted by Gasteiger charge is -2.32. The molecule has 1 aromatic heterocycles. The highest BCUT2D eigenvalue weighted by Crippen LogP contribution is 2.33. The summed E-state index contributed by atoms with van der Waals surface area (Å²) in [5.74, 6) is -3.78. The maximum Gasteiger partial charge on any atom is 0.315 e. The molecule has 17 heteroatoms. The fraction of sp³-hybridized carbons (Fsp3) is 0.605. The molecular weight excluding hydrogens is 708 g/mol. The summed E-state index contributed by atoms with van der Waals surface area (Å²) in [5, 5.41) is 39.4. The Labute approximate surface area is 320 Å². The molecule has 2 aliphatic carbocycles. The minimum Gasteiger partial charge on any atom is -0.384 e. The first-order valence-corrected chi connectivity index (χ1v) is 19.2. The summed E-state index contributed by atoms with van der Waals surface area (Å²) < 4.78 is 1.48. The third-order valence-corrected chi connectivity index (χ3v) is 10.6. The smallest absolute Gasteiger partial charge is 0.315 e. The SMILES string of the molecule is CC(C)(O)c1cnnn1C1CC(C(=O)NC(CCCCNC(=O)NC2CC2)C(=O)C(N)=O)N(C(=O)[C@@H](CC2CCCCC2)NC(=O)c2ccc(C#N)cc2)C1. The molecule has 5 rings (SSSR count). The van der Waals surface area contributed by atoms with Gasteiger partial charge in [-0.05, 0) is 82.6 Å². The van der Waals surface area contributed by atoms with E-state index in [1.807, 2.05) is 6.07 Å². The zero-order valence-electron chi connectivity index (χ0n) is 31.5. The fourth-order valence-corrected chi connectivity index (χ4v) is 7.40. The molecule has 2 saturated carbocycles. The van der Waals surface area contributed by atoms with Crippen LogP contribution in [-0.4, -0.2) is 97.7 Å². The number of ketones is 1. The highest BCUT2D eigenvalue weighted by molar-refractivity contribution is 6.37. The summed E-state index contributed by atoms with van der Waals surface area (Å²) in [6.07, 6.45) is 9.40. The Kier molecular flexibility index (Phi) is 13.6. The normalized spacial score (nSPS) is 19.8. The third-order valence-electron chi connectivity index (χ3n) is 10.6. The van der Waals surface area contributed by atoms with E-state index in [-0.39, 0.29) is 42.9 Å². The molecule has 3 fully saturated rings. The monoisotopic (exact) mass is 760 g/mol. The fourth-order valence-electron chi connectivity index (χ4n) is 7.40. The van der Waals surface area contributed by atoms with Crippen molar-refractivity contribution >= 4 is 35.4 Å². The molecule has 4 atom stereocenters. The van der Waals surface area contributed by atoms with Crippen LogP contribution in [0.1, 0.15) is 119 Å². The van der Waals surface area contributed by atoms with Gasteiger partial charge in [0.15, 0.2) is 0 Å². The first-order valence-electron chi connectivity index (χ1n) is 19.2. The number of Topliss-reactive ketones (excluding diaryl/α,β-unsaturated/α-hetero) is 1. The minimum atomic E-state index is -1.36. The Balaban J connectivity index is 1.37. The van der Waals surface area contributed by atoms with Gasteiger partial charge in [0.1, 0.15) is 17.7 Å². The van der Waals surface area contributed by atoms with Crippen molar-refractivity contribution in [3.63, 3.8) is 0 Å². The molecule has 6 amide bonds. The Hall–Kier alpha value is -5.37. The van der Waals surface area contributed by atoms with E-state index in [1.165, 1.54) is 40.0 Å². The van der Waals surface area contributed by atoms with E-state index in [9.17, 15) is 39.1 Å². The standard InChI is InChI=1S/C38H52N10O7/c1-38(2,55)31-21-42-46-48(31)27-19-30(35(52)44-28(32(49)33(40)50)10-6-7-17-41-37(54)43-26-15-16-26)47(22-27)36(53)29(18-23-8-4-3-5-9-23)45-34(51)25-13-11-24(20-39)12-14-25/h11-14,21,23,26-30,55H,3-10,15-19,22H2,1-2H3,(H2,40,50)(H,44,52)(H,45,51)(H2,41,43,54)/t27?,28?,29-,30?/m1/s1. The van der Waals surface area contributed by atoms with Crippen LogP contribution in [-0.2, 0) is 24.8 Å². The van der Waals surface area contributed by atoms with Gasteiger partial charge in [0, 0.05) is 31.1 Å². The second-order valence-electron chi connectivity index (χ2n) is 15.4. The molecule has 0 bridgehead atoms. The Morgan fingerprint density at radius 3 is 2.35 bits per heavy atom. The van der Waals surface area contributed by atoms with Gasteiger partial charge >= 0.3 is 6.03 Å². The number of nitrogens with two attached hydrogens (primary N) is 1. The van der Waals surface area contributed by atoms with Gasteiger partial charge in [0.25, 0.3) is 11.8 Å². The number of unbranched alkanes of at least 4 members (excludes halogenated alkanes) is 1. The number of hydrogen-bond donors (Lipinski definition) is 6. The largest absolute Gasteiger partial charge is 0.384 e. The van der Waals surface area contributed by atoms with Crippen LogP contribution in [0.15, 0.2) is 30.5 Å². The van der Waals surface area contributed by atoms with Gasteiger partial charge < -0.3 is 37.0 Å². The van der Waals surface area contributed by atoms with Gasteiger partial charge in [-0.1, -0.05) is 37.3 Å². The number of primary amides is 1. The molecule has 0 spiro atoms. The maximum atomic E-state index is 14.7.